The second-order valence-electron chi connectivity index (χ2n) is 14.0. The Kier molecular flexibility index (Phi) is 5.81. The maximum absolute atomic E-state index is 6.75. The van der Waals surface area contributed by atoms with E-state index in [9.17, 15) is 0 Å². The fraction of sp³-hybridized carbons (Fsp3) is 0. The minimum Gasteiger partial charge on any atom is -0.456 e. The van der Waals surface area contributed by atoms with Crippen molar-refractivity contribution < 1.29 is 4.42 Å². The molecular weight excluding hydrogens is 648 g/mol. The van der Waals surface area contributed by atoms with Gasteiger partial charge in [0.05, 0.1) is 0 Å². The molecule has 52 heavy (non-hydrogen) atoms. The maximum atomic E-state index is 6.75. The molecule has 0 saturated heterocycles. The molecule has 0 amide bonds. The van der Waals surface area contributed by atoms with E-state index in [1.54, 1.807) is 0 Å². The number of fused-ring (bicyclic) bond motifs is 13. The quantitative estimate of drug-likeness (QED) is 0.134. The standard InChI is InChI=1S/C50H29OP/c1-3-14-33-30(12-1)26-47(39-20-9-7-16-35(33)39)52(48-27-31-13-2-4-15-34(31)36-17-8-10-21-40(36)48)32-24-25-45-44(28-32)50-42-23-11-22-41-37-18-5-6-19-38(37)43(49(41)42)29-46(50)51-45/h1-29H. The molecule has 1 nitrogen and oxygen atoms in total. The summed E-state index contributed by atoms with van der Waals surface area (Å²) in [5.74, 6) is 0. The number of benzene rings is 10. The third kappa shape index (κ3) is 3.87. The Morgan fingerprint density at radius 2 is 0.827 bits per heavy atom. The van der Waals surface area contributed by atoms with E-state index in [4.69, 9.17) is 4.42 Å². The predicted molar refractivity (Wildman–Crippen MR) is 224 cm³/mol. The molecule has 0 spiro atoms. The van der Waals surface area contributed by atoms with Crippen LogP contribution < -0.4 is 15.9 Å². The average Bonchev–Trinajstić information content (AvgIpc) is 3.74. The van der Waals surface area contributed by atoms with Crippen LogP contribution in [0.5, 0.6) is 0 Å². The monoisotopic (exact) mass is 676 g/mol. The normalized spacial score (nSPS) is 12.4. The third-order valence-corrected chi connectivity index (χ3v) is 13.8. The number of furan rings is 1. The minimum absolute atomic E-state index is 0.929. The van der Waals surface area contributed by atoms with E-state index in [-0.39, 0.29) is 0 Å². The van der Waals surface area contributed by atoms with E-state index in [1.807, 2.05) is 0 Å². The van der Waals surface area contributed by atoms with Crippen molar-refractivity contribution in [2.24, 2.45) is 0 Å². The largest absolute Gasteiger partial charge is 0.456 e. The van der Waals surface area contributed by atoms with Gasteiger partial charge in [-0.1, -0.05) is 146 Å². The van der Waals surface area contributed by atoms with E-state index in [2.05, 4.69) is 176 Å². The second-order valence-corrected chi connectivity index (χ2v) is 16.2. The Bertz CT molecular complexity index is 3190. The molecule has 1 aliphatic rings. The summed E-state index contributed by atoms with van der Waals surface area (Å²) < 4.78 is 6.75. The van der Waals surface area contributed by atoms with Crippen LogP contribution in [0, 0.1) is 0 Å². The molecule has 0 radical (unpaired) electrons. The Balaban J connectivity index is 1.21. The molecule has 240 valence electrons. The predicted octanol–water partition coefficient (Wildman–Crippen LogP) is 12.8. The van der Waals surface area contributed by atoms with Crippen molar-refractivity contribution in [2.45, 2.75) is 0 Å². The van der Waals surface area contributed by atoms with E-state index in [1.165, 1.54) is 103 Å². The van der Waals surface area contributed by atoms with Crippen molar-refractivity contribution in [2.75, 3.05) is 0 Å². The third-order valence-electron chi connectivity index (χ3n) is 11.3. The van der Waals surface area contributed by atoms with Crippen molar-refractivity contribution in [1.82, 2.24) is 0 Å². The molecule has 1 aliphatic carbocycles. The molecule has 2 heteroatoms. The molecular formula is C50H29OP. The van der Waals surface area contributed by atoms with Crippen molar-refractivity contribution in [3.8, 4) is 22.3 Å². The Morgan fingerprint density at radius 3 is 1.48 bits per heavy atom. The smallest absolute Gasteiger partial charge is 0.136 e. The van der Waals surface area contributed by atoms with Gasteiger partial charge in [-0.3, -0.25) is 0 Å². The van der Waals surface area contributed by atoms with Gasteiger partial charge in [-0.2, -0.15) is 0 Å². The molecule has 10 aromatic carbocycles. The molecule has 0 bridgehead atoms. The lowest BCUT2D eigenvalue weighted by atomic mass is 9.98. The summed E-state index contributed by atoms with van der Waals surface area (Å²) in [4.78, 5) is 0. The highest BCUT2D eigenvalue weighted by atomic mass is 31.1. The molecule has 12 rings (SSSR count). The Labute approximate surface area is 301 Å². The van der Waals surface area contributed by atoms with Gasteiger partial charge in [0.15, 0.2) is 0 Å². The molecule has 0 saturated carbocycles. The lowest BCUT2D eigenvalue weighted by Crippen LogP contribution is -2.22. The molecule has 0 unspecified atom stereocenters. The van der Waals surface area contributed by atoms with Crippen LogP contribution in [-0.4, -0.2) is 0 Å². The lowest BCUT2D eigenvalue weighted by Gasteiger charge is -2.24. The molecule has 0 atom stereocenters. The van der Waals surface area contributed by atoms with Crippen LogP contribution in [0.15, 0.2) is 180 Å². The second kappa shape index (κ2) is 10.6. The summed E-state index contributed by atoms with van der Waals surface area (Å²) in [5.41, 5.74) is 7.03. The summed E-state index contributed by atoms with van der Waals surface area (Å²) in [6, 6.07) is 65.4. The zero-order valence-corrected chi connectivity index (χ0v) is 29.0. The van der Waals surface area contributed by atoms with Crippen molar-refractivity contribution in [1.29, 1.82) is 0 Å². The van der Waals surface area contributed by atoms with Gasteiger partial charge in [-0.25, -0.2) is 0 Å². The van der Waals surface area contributed by atoms with Gasteiger partial charge in [-0.15, -0.1) is 0 Å². The zero-order chi connectivity index (χ0) is 33.9. The maximum Gasteiger partial charge on any atom is 0.136 e. The fourth-order valence-corrected chi connectivity index (χ4v) is 11.8. The first kappa shape index (κ1) is 28.4. The molecule has 1 heterocycles. The first-order valence-corrected chi connectivity index (χ1v) is 19.3. The van der Waals surface area contributed by atoms with Crippen LogP contribution in [0.3, 0.4) is 0 Å². The van der Waals surface area contributed by atoms with Gasteiger partial charge in [0.25, 0.3) is 0 Å². The van der Waals surface area contributed by atoms with Gasteiger partial charge in [0, 0.05) is 10.8 Å². The van der Waals surface area contributed by atoms with Gasteiger partial charge < -0.3 is 4.42 Å². The molecule has 0 fully saturated rings. The summed E-state index contributed by atoms with van der Waals surface area (Å²) >= 11 is 0. The molecule has 0 N–H and O–H groups in total. The van der Waals surface area contributed by atoms with E-state index in [0.29, 0.717) is 0 Å². The van der Waals surface area contributed by atoms with Crippen LogP contribution in [0.25, 0.3) is 98.1 Å². The van der Waals surface area contributed by atoms with Gasteiger partial charge in [0.1, 0.15) is 11.2 Å². The molecule has 0 aliphatic heterocycles. The highest BCUT2D eigenvalue weighted by Gasteiger charge is 2.27. The van der Waals surface area contributed by atoms with Crippen LogP contribution in [0.4, 0.5) is 0 Å². The van der Waals surface area contributed by atoms with E-state index in [0.717, 1.165) is 11.2 Å². The molecule has 1 aromatic heterocycles. The minimum atomic E-state index is -1.02. The summed E-state index contributed by atoms with van der Waals surface area (Å²) in [6.45, 7) is 0. The lowest BCUT2D eigenvalue weighted by molar-refractivity contribution is 0.669. The Morgan fingerprint density at radius 1 is 0.308 bits per heavy atom. The van der Waals surface area contributed by atoms with Crippen molar-refractivity contribution >= 4 is 99.6 Å². The Hall–Kier alpha value is -6.27. The van der Waals surface area contributed by atoms with Crippen LogP contribution in [0.2, 0.25) is 0 Å². The first-order valence-electron chi connectivity index (χ1n) is 17.9. The number of hydrogen-bond acceptors (Lipinski definition) is 1. The highest BCUT2D eigenvalue weighted by Crippen LogP contribution is 2.51. The topological polar surface area (TPSA) is 13.1 Å². The number of hydrogen-bond donors (Lipinski definition) is 0. The SMILES string of the molecule is c1ccc2c(c1)-c1cccc3c1c-2cc1oc2ccc(P(c4cc5ccccc5c5ccccc45)c4cc5ccccc5c5ccccc45)cc2c13. The summed E-state index contributed by atoms with van der Waals surface area (Å²) in [5, 5.41) is 19.4. The molecule has 11 aromatic rings. The summed E-state index contributed by atoms with van der Waals surface area (Å²) in [6.07, 6.45) is 0. The first-order chi connectivity index (χ1) is 25.8. The van der Waals surface area contributed by atoms with Crippen LogP contribution >= 0.6 is 7.92 Å². The highest BCUT2D eigenvalue weighted by molar-refractivity contribution is 7.80. The van der Waals surface area contributed by atoms with Crippen molar-refractivity contribution in [3.63, 3.8) is 0 Å². The fourth-order valence-electron chi connectivity index (χ4n) is 9.11. The van der Waals surface area contributed by atoms with Crippen LogP contribution in [-0.2, 0) is 0 Å². The average molecular weight is 677 g/mol. The van der Waals surface area contributed by atoms with Gasteiger partial charge in [-0.05, 0) is 130 Å². The van der Waals surface area contributed by atoms with E-state index >= 15 is 0 Å². The van der Waals surface area contributed by atoms with Crippen molar-refractivity contribution in [3.05, 3.63) is 176 Å². The van der Waals surface area contributed by atoms with Gasteiger partial charge in [0.2, 0.25) is 0 Å². The zero-order valence-electron chi connectivity index (χ0n) is 28.1. The van der Waals surface area contributed by atoms with E-state index < -0.39 is 7.92 Å². The van der Waals surface area contributed by atoms with Crippen LogP contribution in [0.1, 0.15) is 0 Å². The number of rotatable bonds is 3. The van der Waals surface area contributed by atoms with Gasteiger partial charge >= 0.3 is 0 Å². The summed E-state index contributed by atoms with van der Waals surface area (Å²) in [7, 11) is -1.02.